The number of carbonyl (C=O) groups excluding carboxylic acids is 2. The fraction of sp³-hybridized carbons (Fsp3) is 0.435. The Morgan fingerprint density at radius 1 is 1.13 bits per heavy atom. The van der Waals surface area contributed by atoms with E-state index in [1.165, 1.54) is 0 Å². The molecule has 1 aromatic heterocycles. The molecule has 1 aromatic carbocycles. The molecule has 2 aliphatic rings. The number of benzene rings is 1. The van der Waals surface area contributed by atoms with E-state index < -0.39 is 0 Å². The van der Waals surface area contributed by atoms with Crippen molar-refractivity contribution in [1.29, 1.82) is 0 Å². The first kappa shape index (κ1) is 20.8. The predicted octanol–water partition coefficient (Wildman–Crippen LogP) is 2.75. The zero-order valence-corrected chi connectivity index (χ0v) is 18.2. The first-order chi connectivity index (χ1) is 14.4. The summed E-state index contributed by atoms with van der Waals surface area (Å²) in [5.74, 6) is 0.197. The van der Waals surface area contributed by atoms with E-state index in [2.05, 4.69) is 4.98 Å². The van der Waals surface area contributed by atoms with Crippen LogP contribution in [0.2, 0.25) is 5.02 Å². The van der Waals surface area contributed by atoms with Crippen LogP contribution in [0.4, 0.5) is 5.69 Å². The highest BCUT2D eigenvalue weighted by Crippen LogP contribution is 2.48. The zero-order chi connectivity index (χ0) is 21.3. The Bertz CT molecular complexity index is 939. The highest BCUT2D eigenvalue weighted by atomic mass is 35.5. The van der Waals surface area contributed by atoms with Crippen molar-refractivity contribution >= 4 is 29.1 Å². The maximum Gasteiger partial charge on any atom is 0.241 e. The molecule has 158 valence electrons. The third kappa shape index (κ3) is 4.07. The standard InChI is InChI=1S/C23H27ClN4O2/c1-26(2)15-22(30)28-16-23(19-13-17(24)6-7-20(19)28)8-11-27(12-9-23)21(29)14-18-5-3-4-10-25-18/h3-7,10,13H,8-9,11-12,14-16H2,1-2H3. The summed E-state index contributed by atoms with van der Waals surface area (Å²) in [4.78, 5) is 35.6. The van der Waals surface area contributed by atoms with Crippen LogP contribution < -0.4 is 4.90 Å². The SMILES string of the molecule is CN(C)CC(=O)N1CC2(CCN(C(=O)Cc3ccccn3)CC2)c2cc(Cl)ccc21. The van der Waals surface area contributed by atoms with Gasteiger partial charge in [0.2, 0.25) is 11.8 Å². The molecule has 0 unspecified atom stereocenters. The number of likely N-dealkylation sites (tertiary alicyclic amines) is 1. The van der Waals surface area contributed by atoms with Crippen molar-refractivity contribution in [2.75, 3.05) is 45.2 Å². The average Bonchev–Trinajstić information content (AvgIpc) is 3.02. The fourth-order valence-electron chi connectivity index (χ4n) is 4.60. The van der Waals surface area contributed by atoms with Crippen molar-refractivity contribution in [2.24, 2.45) is 0 Å². The van der Waals surface area contributed by atoms with Crippen LogP contribution >= 0.6 is 11.6 Å². The highest BCUT2D eigenvalue weighted by molar-refractivity contribution is 6.30. The number of carbonyl (C=O) groups is 2. The molecule has 2 aliphatic heterocycles. The topological polar surface area (TPSA) is 56.8 Å². The number of fused-ring (bicyclic) bond motifs is 2. The molecule has 0 bridgehead atoms. The van der Waals surface area contributed by atoms with Gasteiger partial charge in [-0.2, -0.15) is 0 Å². The van der Waals surface area contributed by atoms with E-state index in [-0.39, 0.29) is 17.2 Å². The first-order valence-corrected chi connectivity index (χ1v) is 10.7. The molecular formula is C23H27ClN4O2. The Balaban J connectivity index is 1.51. The predicted molar refractivity (Wildman–Crippen MR) is 118 cm³/mol. The molecule has 1 saturated heterocycles. The minimum absolute atomic E-state index is 0.0918. The van der Waals surface area contributed by atoms with E-state index in [4.69, 9.17) is 11.6 Å². The second-order valence-corrected chi connectivity index (χ2v) is 8.97. The molecule has 1 fully saturated rings. The normalized spacial score (nSPS) is 17.5. The van der Waals surface area contributed by atoms with Crippen LogP contribution in [0.15, 0.2) is 42.6 Å². The van der Waals surface area contributed by atoms with Crippen LogP contribution in [-0.2, 0) is 21.4 Å². The monoisotopic (exact) mass is 426 g/mol. The Morgan fingerprint density at radius 2 is 1.90 bits per heavy atom. The van der Waals surface area contributed by atoms with E-state index in [0.29, 0.717) is 37.6 Å². The molecule has 2 aromatic rings. The maximum absolute atomic E-state index is 12.9. The number of amides is 2. The van der Waals surface area contributed by atoms with Crippen LogP contribution in [0, 0.1) is 0 Å². The quantitative estimate of drug-likeness (QED) is 0.754. The molecule has 2 amide bonds. The summed E-state index contributed by atoms with van der Waals surface area (Å²) in [5.41, 5.74) is 2.74. The van der Waals surface area contributed by atoms with Crippen LogP contribution in [0.5, 0.6) is 0 Å². The molecule has 0 aliphatic carbocycles. The first-order valence-electron chi connectivity index (χ1n) is 10.3. The smallest absolute Gasteiger partial charge is 0.241 e. The van der Waals surface area contributed by atoms with Crippen LogP contribution in [-0.4, -0.2) is 66.9 Å². The lowest BCUT2D eigenvalue weighted by Crippen LogP contribution is -2.48. The second kappa shape index (κ2) is 8.36. The molecule has 6 nitrogen and oxygen atoms in total. The number of halogens is 1. The molecule has 30 heavy (non-hydrogen) atoms. The number of nitrogens with zero attached hydrogens (tertiary/aromatic N) is 4. The van der Waals surface area contributed by atoms with Gasteiger partial charge in [-0.1, -0.05) is 17.7 Å². The van der Waals surface area contributed by atoms with Gasteiger partial charge >= 0.3 is 0 Å². The van der Waals surface area contributed by atoms with Gasteiger partial charge in [0.05, 0.1) is 13.0 Å². The van der Waals surface area contributed by atoms with Gasteiger partial charge in [0.1, 0.15) is 0 Å². The third-order valence-corrected chi connectivity index (χ3v) is 6.40. The van der Waals surface area contributed by atoms with Gasteiger partial charge in [0.25, 0.3) is 0 Å². The van der Waals surface area contributed by atoms with Crippen molar-refractivity contribution in [3.8, 4) is 0 Å². The number of anilines is 1. The number of piperidine rings is 1. The van der Waals surface area contributed by atoms with Crippen molar-refractivity contribution < 1.29 is 9.59 Å². The van der Waals surface area contributed by atoms with Crippen molar-refractivity contribution in [1.82, 2.24) is 14.8 Å². The molecule has 4 rings (SSSR count). The molecular weight excluding hydrogens is 400 g/mol. The van der Waals surface area contributed by atoms with Crippen LogP contribution in [0.25, 0.3) is 0 Å². The minimum Gasteiger partial charge on any atom is -0.342 e. The lowest BCUT2D eigenvalue weighted by molar-refractivity contribution is -0.132. The Kier molecular flexibility index (Phi) is 5.80. The lowest BCUT2D eigenvalue weighted by atomic mass is 9.74. The van der Waals surface area contributed by atoms with Crippen molar-refractivity contribution in [3.05, 3.63) is 58.9 Å². The Labute approximate surface area is 182 Å². The van der Waals surface area contributed by atoms with Gasteiger partial charge in [-0.3, -0.25) is 14.6 Å². The summed E-state index contributed by atoms with van der Waals surface area (Å²) in [5, 5.41) is 0.684. The summed E-state index contributed by atoms with van der Waals surface area (Å²) >= 11 is 6.32. The number of rotatable bonds is 4. The molecule has 0 atom stereocenters. The van der Waals surface area contributed by atoms with Crippen LogP contribution in [0.1, 0.15) is 24.1 Å². The van der Waals surface area contributed by atoms with Gasteiger partial charge in [0, 0.05) is 47.7 Å². The molecule has 0 saturated carbocycles. The zero-order valence-electron chi connectivity index (χ0n) is 17.5. The van der Waals surface area contributed by atoms with Crippen LogP contribution in [0.3, 0.4) is 0 Å². The summed E-state index contributed by atoms with van der Waals surface area (Å²) in [6.07, 6.45) is 3.68. The largest absolute Gasteiger partial charge is 0.342 e. The van der Waals surface area contributed by atoms with Gasteiger partial charge < -0.3 is 14.7 Å². The van der Waals surface area contributed by atoms with E-state index in [0.717, 1.165) is 29.8 Å². The Morgan fingerprint density at radius 3 is 2.57 bits per heavy atom. The molecule has 7 heteroatoms. The Hall–Kier alpha value is -2.44. The maximum atomic E-state index is 12.9. The average molecular weight is 427 g/mol. The molecule has 3 heterocycles. The summed E-state index contributed by atoms with van der Waals surface area (Å²) in [7, 11) is 3.80. The van der Waals surface area contributed by atoms with Gasteiger partial charge in [0.15, 0.2) is 0 Å². The van der Waals surface area contributed by atoms with Gasteiger partial charge in [-0.05, 0) is 62.8 Å². The minimum atomic E-state index is -0.149. The van der Waals surface area contributed by atoms with E-state index >= 15 is 0 Å². The number of likely N-dealkylation sites (N-methyl/N-ethyl adjacent to an activating group) is 1. The molecule has 1 spiro atoms. The van der Waals surface area contributed by atoms with Crippen molar-refractivity contribution in [2.45, 2.75) is 24.7 Å². The highest BCUT2D eigenvalue weighted by Gasteiger charge is 2.46. The molecule has 0 N–H and O–H groups in total. The summed E-state index contributed by atoms with van der Waals surface area (Å²) < 4.78 is 0. The molecule has 0 radical (unpaired) electrons. The number of hydrogen-bond donors (Lipinski definition) is 0. The second-order valence-electron chi connectivity index (χ2n) is 8.54. The fourth-order valence-corrected chi connectivity index (χ4v) is 4.77. The lowest BCUT2D eigenvalue weighted by Gasteiger charge is -2.40. The van der Waals surface area contributed by atoms with Crippen molar-refractivity contribution in [3.63, 3.8) is 0 Å². The van der Waals surface area contributed by atoms with E-state index in [1.54, 1.807) is 6.20 Å². The third-order valence-electron chi connectivity index (χ3n) is 6.17. The summed E-state index contributed by atoms with van der Waals surface area (Å²) in [6.45, 7) is 2.37. The van der Waals surface area contributed by atoms with Gasteiger partial charge in [-0.15, -0.1) is 0 Å². The number of pyridine rings is 1. The van der Waals surface area contributed by atoms with E-state index in [9.17, 15) is 9.59 Å². The summed E-state index contributed by atoms with van der Waals surface area (Å²) in [6, 6.07) is 11.4. The number of aromatic nitrogens is 1. The van der Waals surface area contributed by atoms with E-state index in [1.807, 2.05) is 65.2 Å². The number of hydrogen-bond acceptors (Lipinski definition) is 4. The van der Waals surface area contributed by atoms with Gasteiger partial charge in [-0.25, -0.2) is 0 Å².